The van der Waals surface area contributed by atoms with E-state index in [0.29, 0.717) is 11.8 Å². The zero-order chi connectivity index (χ0) is 15.7. The van der Waals surface area contributed by atoms with Crippen molar-refractivity contribution in [2.45, 2.75) is 44.7 Å². The SMILES string of the molecule is CCCc1cc(=O)[nH]c(SCC(=O)CCC(=O)OCC)n1. The number of carbonyl (C=O) groups is 2. The largest absolute Gasteiger partial charge is 0.466 e. The van der Waals surface area contributed by atoms with Gasteiger partial charge in [0, 0.05) is 18.2 Å². The van der Waals surface area contributed by atoms with Crippen LogP contribution in [0, 0.1) is 0 Å². The van der Waals surface area contributed by atoms with Gasteiger partial charge in [0.25, 0.3) is 5.56 Å². The topological polar surface area (TPSA) is 89.1 Å². The highest BCUT2D eigenvalue weighted by atomic mass is 32.2. The van der Waals surface area contributed by atoms with E-state index in [9.17, 15) is 14.4 Å². The molecule has 0 aliphatic rings. The lowest BCUT2D eigenvalue weighted by molar-refractivity contribution is -0.144. The van der Waals surface area contributed by atoms with E-state index in [1.165, 1.54) is 17.8 Å². The lowest BCUT2D eigenvalue weighted by Crippen LogP contribution is -2.12. The number of rotatable bonds is 9. The number of carbonyl (C=O) groups excluding carboxylic acids is 2. The standard InChI is InChI=1S/C14H20N2O4S/c1-3-5-10-8-12(18)16-14(15-10)21-9-11(17)6-7-13(19)20-4-2/h8H,3-7,9H2,1-2H3,(H,15,16,18). The Hall–Kier alpha value is -1.63. The highest BCUT2D eigenvalue weighted by molar-refractivity contribution is 7.99. The first-order valence-electron chi connectivity index (χ1n) is 6.95. The Morgan fingerprint density at radius 2 is 2.10 bits per heavy atom. The van der Waals surface area contributed by atoms with Crippen molar-refractivity contribution in [1.82, 2.24) is 9.97 Å². The van der Waals surface area contributed by atoms with Gasteiger partial charge in [-0.3, -0.25) is 14.4 Å². The third-order valence-electron chi connectivity index (χ3n) is 2.56. The second-order valence-corrected chi connectivity index (χ2v) is 5.39. The average Bonchev–Trinajstić information content (AvgIpc) is 2.43. The molecule has 0 fully saturated rings. The Bertz CT molecular complexity index is 542. The minimum Gasteiger partial charge on any atom is -0.466 e. The maximum atomic E-state index is 11.7. The molecule has 1 N–H and O–H groups in total. The summed E-state index contributed by atoms with van der Waals surface area (Å²) in [5.74, 6) is -0.262. The van der Waals surface area contributed by atoms with Crippen molar-refractivity contribution in [3.63, 3.8) is 0 Å². The van der Waals surface area contributed by atoms with Gasteiger partial charge in [0.1, 0.15) is 5.78 Å². The van der Waals surface area contributed by atoms with E-state index in [4.69, 9.17) is 4.74 Å². The Balaban J connectivity index is 2.45. The van der Waals surface area contributed by atoms with Crippen LogP contribution >= 0.6 is 11.8 Å². The highest BCUT2D eigenvalue weighted by Crippen LogP contribution is 2.13. The number of aromatic nitrogens is 2. The number of ketones is 1. The fraction of sp³-hybridized carbons (Fsp3) is 0.571. The van der Waals surface area contributed by atoms with Gasteiger partial charge >= 0.3 is 5.97 Å². The molecule has 0 saturated carbocycles. The highest BCUT2D eigenvalue weighted by Gasteiger charge is 2.09. The molecule has 0 spiro atoms. The number of aromatic amines is 1. The van der Waals surface area contributed by atoms with Gasteiger partial charge in [-0.1, -0.05) is 25.1 Å². The van der Waals surface area contributed by atoms with Gasteiger partial charge in [-0.05, 0) is 13.3 Å². The fourth-order valence-electron chi connectivity index (χ4n) is 1.63. The van der Waals surface area contributed by atoms with Crippen molar-refractivity contribution in [2.24, 2.45) is 0 Å². The summed E-state index contributed by atoms with van der Waals surface area (Å²) in [5, 5.41) is 0.440. The van der Waals surface area contributed by atoms with Gasteiger partial charge in [-0.25, -0.2) is 4.98 Å². The first-order chi connectivity index (χ1) is 10.0. The summed E-state index contributed by atoms with van der Waals surface area (Å²) in [7, 11) is 0. The van der Waals surface area contributed by atoms with Crippen LogP contribution in [-0.4, -0.2) is 34.1 Å². The number of hydrogen-bond donors (Lipinski definition) is 1. The molecule has 21 heavy (non-hydrogen) atoms. The third-order valence-corrected chi connectivity index (χ3v) is 3.50. The molecule has 0 aliphatic carbocycles. The number of nitrogens with zero attached hydrogens (tertiary/aromatic N) is 1. The Morgan fingerprint density at radius 1 is 1.33 bits per heavy atom. The van der Waals surface area contributed by atoms with Crippen molar-refractivity contribution in [1.29, 1.82) is 0 Å². The Kier molecular flexibility index (Phi) is 7.74. The number of hydrogen-bond acceptors (Lipinski definition) is 6. The number of Topliss-reactive ketones (excluding diaryl/α,β-unsaturated/α-hetero) is 1. The normalized spacial score (nSPS) is 10.4. The lowest BCUT2D eigenvalue weighted by Gasteiger charge is -2.03. The molecule has 7 heteroatoms. The van der Waals surface area contributed by atoms with E-state index < -0.39 is 0 Å². The van der Waals surface area contributed by atoms with Crippen molar-refractivity contribution in [2.75, 3.05) is 12.4 Å². The third kappa shape index (κ3) is 7.08. The molecule has 116 valence electrons. The summed E-state index contributed by atoms with van der Waals surface area (Å²) in [6, 6.07) is 1.47. The molecule has 0 aromatic carbocycles. The molecule has 0 bridgehead atoms. The summed E-state index contributed by atoms with van der Waals surface area (Å²) >= 11 is 1.18. The fourth-order valence-corrected chi connectivity index (χ4v) is 2.43. The zero-order valence-electron chi connectivity index (χ0n) is 12.3. The molecule has 0 amide bonds. The van der Waals surface area contributed by atoms with Crippen LogP contribution in [-0.2, 0) is 20.7 Å². The van der Waals surface area contributed by atoms with Crippen molar-refractivity contribution >= 4 is 23.5 Å². The molecule has 1 heterocycles. The molecule has 1 rings (SSSR count). The molecule has 1 aromatic heterocycles. The van der Waals surface area contributed by atoms with Gasteiger partial charge in [0.15, 0.2) is 5.16 Å². The van der Waals surface area contributed by atoms with Crippen molar-refractivity contribution in [3.8, 4) is 0 Å². The van der Waals surface area contributed by atoms with E-state index in [-0.39, 0.29) is 35.9 Å². The van der Waals surface area contributed by atoms with Gasteiger partial charge in [-0.15, -0.1) is 0 Å². The second-order valence-electron chi connectivity index (χ2n) is 4.42. The average molecular weight is 312 g/mol. The van der Waals surface area contributed by atoms with Crippen LogP contribution in [0.15, 0.2) is 16.0 Å². The van der Waals surface area contributed by atoms with E-state index in [1.54, 1.807) is 6.92 Å². The minimum absolute atomic E-state index is 0.0726. The maximum Gasteiger partial charge on any atom is 0.306 e. The smallest absolute Gasteiger partial charge is 0.306 e. The number of aryl methyl sites for hydroxylation is 1. The van der Waals surface area contributed by atoms with E-state index in [2.05, 4.69) is 9.97 Å². The predicted octanol–water partition coefficient (Wildman–Crippen LogP) is 1.73. The van der Waals surface area contributed by atoms with Crippen molar-refractivity contribution < 1.29 is 14.3 Å². The molecule has 0 radical (unpaired) electrons. The molecule has 0 saturated heterocycles. The molecule has 0 atom stereocenters. The van der Waals surface area contributed by atoms with E-state index in [0.717, 1.165) is 18.5 Å². The van der Waals surface area contributed by atoms with Crippen LogP contribution in [0.3, 0.4) is 0 Å². The minimum atomic E-state index is -0.368. The van der Waals surface area contributed by atoms with Crippen LogP contribution < -0.4 is 5.56 Å². The van der Waals surface area contributed by atoms with Gasteiger partial charge in [-0.2, -0.15) is 0 Å². The van der Waals surface area contributed by atoms with Crippen LogP contribution in [0.4, 0.5) is 0 Å². The van der Waals surface area contributed by atoms with Crippen molar-refractivity contribution in [3.05, 3.63) is 22.1 Å². The number of nitrogens with one attached hydrogen (secondary N) is 1. The summed E-state index contributed by atoms with van der Waals surface area (Å²) in [6.45, 7) is 4.05. The summed E-state index contributed by atoms with van der Waals surface area (Å²) in [6.07, 6.45) is 1.87. The first-order valence-corrected chi connectivity index (χ1v) is 7.94. The Labute approximate surface area is 127 Å². The van der Waals surface area contributed by atoms with Gasteiger partial charge < -0.3 is 9.72 Å². The van der Waals surface area contributed by atoms with Crippen LogP contribution in [0.5, 0.6) is 0 Å². The summed E-state index contributed by atoms with van der Waals surface area (Å²) in [5.41, 5.74) is 0.512. The number of thioether (sulfide) groups is 1. The van der Waals surface area contributed by atoms with Crippen LogP contribution in [0.1, 0.15) is 38.8 Å². The molecule has 0 aliphatic heterocycles. The van der Waals surface area contributed by atoms with Crippen LogP contribution in [0.2, 0.25) is 0 Å². The van der Waals surface area contributed by atoms with Gasteiger partial charge in [0.2, 0.25) is 0 Å². The summed E-state index contributed by atoms with van der Waals surface area (Å²) < 4.78 is 4.76. The van der Waals surface area contributed by atoms with E-state index >= 15 is 0 Å². The molecule has 0 unspecified atom stereocenters. The quantitative estimate of drug-likeness (QED) is 0.424. The van der Waals surface area contributed by atoms with Crippen LogP contribution in [0.25, 0.3) is 0 Å². The number of esters is 1. The maximum absolute atomic E-state index is 11.7. The molecular weight excluding hydrogens is 292 g/mol. The lowest BCUT2D eigenvalue weighted by atomic mass is 10.2. The number of ether oxygens (including phenoxy) is 1. The zero-order valence-corrected chi connectivity index (χ0v) is 13.1. The first kappa shape index (κ1) is 17.4. The summed E-state index contributed by atoms with van der Waals surface area (Å²) in [4.78, 5) is 41.2. The predicted molar refractivity (Wildman–Crippen MR) is 80.5 cm³/mol. The molecule has 1 aromatic rings. The number of H-pyrrole nitrogens is 1. The van der Waals surface area contributed by atoms with Gasteiger partial charge in [0.05, 0.1) is 18.8 Å². The monoisotopic (exact) mass is 312 g/mol. The molecular formula is C14H20N2O4S. The Morgan fingerprint density at radius 3 is 2.76 bits per heavy atom. The molecule has 6 nitrogen and oxygen atoms in total. The second kappa shape index (κ2) is 9.33. The van der Waals surface area contributed by atoms with E-state index in [1.807, 2.05) is 6.92 Å².